The highest BCUT2D eigenvalue weighted by molar-refractivity contribution is 7.80. The summed E-state index contributed by atoms with van der Waals surface area (Å²) in [6, 6.07) is 16.3. The SMILES string of the molecule is O[C@H]1CCCC[C@H]1[C@@H](NC(=S)c1ccc(F)cc1)c1ccccc1. The van der Waals surface area contributed by atoms with Gasteiger partial charge < -0.3 is 10.4 Å². The quantitative estimate of drug-likeness (QED) is 0.808. The van der Waals surface area contributed by atoms with E-state index in [1.54, 1.807) is 12.1 Å². The topological polar surface area (TPSA) is 32.3 Å². The zero-order valence-electron chi connectivity index (χ0n) is 13.5. The van der Waals surface area contributed by atoms with Crippen LogP contribution in [0.3, 0.4) is 0 Å². The average Bonchev–Trinajstić information content (AvgIpc) is 2.61. The molecule has 0 aliphatic heterocycles. The Labute approximate surface area is 147 Å². The minimum Gasteiger partial charge on any atom is -0.393 e. The number of hydrogen-bond donors (Lipinski definition) is 2. The molecule has 0 amide bonds. The highest BCUT2D eigenvalue weighted by Crippen LogP contribution is 2.35. The van der Waals surface area contributed by atoms with Crippen molar-refractivity contribution in [3.63, 3.8) is 0 Å². The van der Waals surface area contributed by atoms with Gasteiger partial charge in [-0.15, -0.1) is 0 Å². The standard InChI is InChI=1S/C20H22FNOS/c21-16-12-10-15(11-13-16)20(24)22-19(14-6-2-1-3-7-14)17-8-4-5-9-18(17)23/h1-3,6-7,10-13,17-19,23H,4-5,8-9H2,(H,22,24)/t17-,18+,19+/m1/s1. The molecule has 126 valence electrons. The molecular weight excluding hydrogens is 321 g/mol. The van der Waals surface area contributed by atoms with Crippen LogP contribution in [0.1, 0.15) is 42.9 Å². The molecule has 0 radical (unpaired) electrons. The molecule has 24 heavy (non-hydrogen) atoms. The Kier molecular flexibility index (Phi) is 5.59. The van der Waals surface area contributed by atoms with Crippen LogP contribution in [0.15, 0.2) is 54.6 Å². The molecule has 3 rings (SSSR count). The van der Waals surface area contributed by atoms with Crippen LogP contribution in [0, 0.1) is 11.7 Å². The van der Waals surface area contributed by atoms with Gasteiger partial charge in [0.15, 0.2) is 0 Å². The third kappa shape index (κ3) is 4.00. The Morgan fingerprint density at radius 2 is 1.71 bits per heavy atom. The molecule has 0 saturated heterocycles. The van der Waals surface area contributed by atoms with Gasteiger partial charge in [-0.05, 0) is 42.7 Å². The zero-order valence-corrected chi connectivity index (χ0v) is 14.3. The molecule has 1 fully saturated rings. The van der Waals surface area contributed by atoms with Crippen LogP contribution < -0.4 is 5.32 Å². The largest absolute Gasteiger partial charge is 0.393 e. The summed E-state index contributed by atoms with van der Waals surface area (Å²) in [5.41, 5.74) is 1.91. The molecule has 2 N–H and O–H groups in total. The molecule has 0 heterocycles. The van der Waals surface area contributed by atoms with E-state index in [0.717, 1.165) is 36.8 Å². The summed E-state index contributed by atoms with van der Waals surface area (Å²) in [6.45, 7) is 0. The summed E-state index contributed by atoms with van der Waals surface area (Å²) >= 11 is 5.53. The van der Waals surface area contributed by atoms with Crippen molar-refractivity contribution in [1.29, 1.82) is 0 Å². The molecule has 2 aromatic rings. The van der Waals surface area contributed by atoms with Gasteiger partial charge in [-0.3, -0.25) is 0 Å². The minimum absolute atomic E-state index is 0.0425. The highest BCUT2D eigenvalue weighted by atomic mass is 32.1. The van der Waals surface area contributed by atoms with Gasteiger partial charge in [0.2, 0.25) is 0 Å². The molecule has 0 bridgehead atoms. The van der Waals surface area contributed by atoms with Crippen LogP contribution in [0.2, 0.25) is 0 Å². The summed E-state index contributed by atoms with van der Waals surface area (Å²) in [6.07, 6.45) is 3.67. The fourth-order valence-corrected chi connectivity index (χ4v) is 3.72. The second kappa shape index (κ2) is 7.86. The van der Waals surface area contributed by atoms with Crippen molar-refractivity contribution in [3.8, 4) is 0 Å². The van der Waals surface area contributed by atoms with Crippen LogP contribution in [-0.2, 0) is 0 Å². The first-order valence-corrected chi connectivity index (χ1v) is 8.85. The van der Waals surface area contributed by atoms with E-state index in [1.165, 1.54) is 12.1 Å². The summed E-state index contributed by atoms with van der Waals surface area (Å²) in [7, 11) is 0. The molecule has 1 aliphatic carbocycles. The molecule has 1 aliphatic rings. The summed E-state index contributed by atoms with van der Waals surface area (Å²) in [5, 5.41) is 13.9. The second-order valence-corrected chi connectivity index (χ2v) is 6.79. The molecule has 4 heteroatoms. The van der Waals surface area contributed by atoms with Gasteiger partial charge in [0.25, 0.3) is 0 Å². The smallest absolute Gasteiger partial charge is 0.123 e. The first-order chi connectivity index (χ1) is 11.6. The van der Waals surface area contributed by atoms with Crippen molar-refractivity contribution in [3.05, 3.63) is 71.5 Å². The maximum Gasteiger partial charge on any atom is 0.123 e. The summed E-state index contributed by atoms with van der Waals surface area (Å²) in [4.78, 5) is 0.585. The molecule has 0 unspecified atom stereocenters. The van der Waals surface area contributed by atoms with Crippen molar-refractivity contribution in [1.82, 2.24) is 5.32 Å². The molecular formula is C20H22FNOS. The summed E-state index contributed by atoms with van der Waals surface area (Å²) < 4.78 is 13.1. The van der Waals surface area contributed by atoms with E-state index in [0.29, 0.717) is 4.99 Å². The van der Waals surface area contributed by atoms with Gasteiger partial charge >= 0.3 is 0 Å². The fourth-order valence-electron chi connectivity index (χ4n) is 3.45. The third-order valence-corrected chi connectivity index (χ3v) is 5.11. The van der Waals surface area contributed by atoms with Crippen molar-refractivity contribution in [2.24, 2.45) is 5.92 Å². The molecule has 0 aromatic heterocycles. The van der Waals surface area contributed by atoms with E-state index < -0.39 is 0 Å². The monoisotopic (exact) mass is 343 g/mol. The number of rotatable bonds is 4. The predicted molar refractivity (Wildman–Crippen MR) is 98.4 cm³/mol. The van der Waals surface area contributed by atoms with E-state index >= 15 is 0 Å². The lowest BCUT2D eigenvalue weighted by molar-refractivity contribution is 0.0519. The fraction of sp³-hybridized carbons (Fsp3) is 0.350. The van der Waals surface area contributed by atoms with Crippen molar-refractivity contribution >= 4 is 17.2 Å². The lowest BCUT2D eigenvalue weighted by Gasteiger charge is -2.35. The molecule has 2 aromatic carbocycles. The minimum atomic E-state index is -0.326. The maximum absolute atomic E-state index is 13.1. The number of hydrogen-bond acceptors (Lipinski definition) is 2. The normalized spacial score (nSPS) is 21.9. The Balaban J connectivity index is 1.84. The molecule has 0 spiro atoms. The highest BCUT2D eigenvalue weighted by Gasteiger charge is 2.32. The first kappa shape index (κ1) is 17.1. The van der Waals surface area contributed by atoms with Crippen LogP contribution in [0.25, 0.3) is 0 Å². The molecule has 3 atom stereocenters. The Hall–Kier alpha value is -1.78. The lowest BCUT2D eigenvalue weighted by atomic mass is 9.79. The molecule has 1 saturated carbocycles. The Morgan fingerprint density at radius 1 is 1.04 bits per heavy atom. The van der Waals surface area contributed by atoms with Crippen molar-refractivity contribution in [2.45, 2.75) is 37.8 Å². The van der Waals surface area contributed by atoms with E-state index in [2.05, 4.69) is 17.4 Å². The average molecular weight is 343 g/mol. The van der Waals surface area contributed by atoms with E-state index in [9.17, 15) is 9.50 Å². The number of halogens is 1. The predicted octanol–water partition coefficient (Wildman–Crippen LogP) is 4.38. The van der Waals surface area contributed by atoms with Crippen LogP contribution >= 0.6 is 12.2 Å². The number of aliphatic hydroxyl groups excluding tert-OH is 1. The Morgan fingerprint density at radius 3 is 2.38 bits per heavy atom. The van der Waals surface area contributed by atoms with Crippen molar-refractivity contribution in [2.75, 3.05) is 0 Å². The van der Waals surface area contributed by atoms with Gasteiger partial charge in [-0.2, -0.15) is 0 Å². The zero-order chi connectivity index (χ0) is 16.9. The number of aliphatic hydroxyl groups is 1. The van der Waals surface area contributed by atoms with Crippen LogP contribution in [-0.4, -0.2) is 16.2 Å². The maximum atomic E-state index is 13.1. The van der Waals surface area contributed by atoms with Crippen LogP contribution in [0.5, 0.6) is 0 Å². The number of thiocarbonyl (C=S) groups is 1. The van der Waals surface area contributed by atoms with Gasteiger partial charge in [-0.1, -0.05) is 55.4 Å². The van der Waals surface area contributed by atoms with E-state index in [4.69, 9.17) is 12.2 Å². The lowest BCUT2D eigenvalue weighted by Crippen LogP contribution is -2.39. The van der Waals surface area contributed by atoms with Crippen molar-refractivity contribution < 1.29 is 9.50 Å². The number of nitrogens with one attached hydrogen (secondary N) is 1. The van der Waals surface area contributed by atoms with Gasteiger partial charge in [0.05, 0.1) is 12.1 Å². The number of benzene rings is 2. The van der Waals surface area contributed by atoms with E-state index in [1.807, 2.05) is 18.2 Å². The molecule has 2 nitrogen and oxygen atoms in total. The summed E-state index contributed by atoms with van der Waals surface area (Å²) in [5.74, 6) is -0.150. The van der Waals surface area contributed by atoms with E-state index in [-0.39, 0.29) is 23.9 Å². The third-order valence-electron chi connectivity index (χ3n) is 4.76. The van der Waals surface area contributed by atoms with Gasteiger partial charge in [-0.25, -0.2) is 4.39 Å². The first-order valence-electron chi connectivity index (χ1n) is 8.44. The second-order valence-electron chi connectivity index (χ2n) is 6.38. The van der Waals surface area contributed by atoms with Gasteiger partial charge in [0.1, 0.15) is 10.8 Å². The Bertz CT molecular complexity index is 674. The van der Waals surface area contributed by atoms with Gasteiger partial charge in [0, 0.05) is 11.5 Å². The van der Waals surface area contributed by atoms with Crippen LogP contribution in [0.4, 0.5) is 4.39 Å².